The predicted octanol–water partition coefficient (Wildman–Crippen LogP) is 2.39. The minimum absolute atomic E-state index is 0.0874. The Labute approximate surface area is 122 Å². The number of ether oxygens (including phenoxy) is 1. The van der Waals surface area contributed by atoms with Gasteiger partial charge in [0, 0.05) is 24.2 Å². The van der Waals surface area contributed by atoms with Crippen molar-refractivity contribution in [1.29, 1.82) is 0 Å². The summed E-state index contributed by atoms with van der Waals surface area (Å²) in [6, 6.07) is 5.93. The van der Waals surface area contributed by atoms with Gasteiger partial charge in [0.05, 0.1) is 5.75 Å². The van der Waals surface area contributed by atoms with Crippen molar-refractivity contribution in [2.75, 3.05) is 19.5 Å². The summed E-state index contributed by atoms with van der Waals surface area (Å²) in [6.07, 6.45) is 2.26. The fraction of sp³-hybridized carbons (Fsp3) is 0.538. The first-order valence-corrected chi connectivity index (χ1v) is 8.73. The Hall–Kier alpha value is -0.430. The Balaban J connectivity index is 2.02. The molecule has 0 saturated heterocycles. The lowest BCUT2D eigenvalue weighted by Crippen LogP contribution is -2.30. The second-order valence-corrected chi connectivity index (χ2v) is 7.51. The molecule has 1 aromatic carbocycles. The number of sulfonamides is 1. The Kier molecular flexibility index (Phi) is 5.00. The number of fused-ring (bicyclic) bond motifs is 1. The molecule has 1 N–H and O–H groups in total. The summed E-state index contributed by atoms with van der Waals surface area (Å²) in [4.78, 5) is 0. The van der Waals surface area contributed by atoms with Crippen LogP contribution >= 0.6 is 15.9 Å². The molecule has 0 aliphatic heterocycles. The van der Waals surface area contributed by atoms with Crippen molar-refractivity contribution < 1.29 is 13.2 Å². The van der Waals surface area contributed by atoms with Crippen LogP contribution in [-0.2, 0) is 21.2 Å². The van der Waals surface area contributed by atoms with E-state index in [-0.39, 0.29) is 11.8 Å². The summed E-state index contributed by atoms with van der Waals surface area (Å²) >= 11 is 3.44. The van der Waals surface area contributed by atoms with Gasteiger partial charge in [-0.05, 0) is 42.5 Å². The number of nitrogens with one attached hydrogen (secondary N) is 1. The van der Waals surface area contributed by atoms with Gasteiger partial charge < -0.3 is 4.74 Å². The quantitative estimate of drug-likeness (QED) is 0.804. The van der Waals surface area contributed by atoms with Crippen molar-refractivity contribution >= 4 is 26.0 Å². The van der Waals surface area contributed by atoms with Crippen LogP contribution in [0.1, 0.15) is 30.0 Å². The van der Waals surface area contributed by atoms with E-state index in [2.05, 4.69) is 26.7 Å². The van der Waals surface area contributed by atoms with Gasteiger partial charge in [-0.15, -0.1) is 0 Å². The fourth-order valence-electron chi connectivity index (χ4n) is 2.38. The van der Waals surface area contributed by atoms with Crippen molar-refractivity contribution in [3.05, 3.63) is 33.8 Å². The maximum atomic E-state index is 12.0. The van der Waals surface area contributed by atoms with Crippen LogP contribution < -0.4 is 4.72 Å². The zero-order valence-corrected chi connectivity index (χ0v) is 13.3. The Morgan fingerprint density at radius 2 is 2.26 bits per heavy atom. The monoisotopic (exact) mass is 347 g/mol. The molecule has 2 rings (SSSR count). The number of hydrogen-bond acceptors (Lipinski definition) is 3. The average Bonchev–Trinajstić information content (AvgIpc) is 2.71. The Morgan fingerprint density at radius 1 is 1.47 bits per heavy atom. The minimum atomic E-state index is -3.23. The molecule has 6 heteroatoms. The molecular formula is C13H18BrNO3S. The lowest BCUT2D eigenvalue weighted by Gasteiger charge is -2.14. The first-order chi connectivity index (χ1) is 9.02. The highest BCUT2D eigenvalue weighted by molar-refractivity contribution is 9.10. The smallest absolute Gasteiger partial charge is 0.212 e. The van der Waals surface area contributed by atoms with E-state index in [1.165, 1.54) is 5.56 Å². The van der Waals surface area contributed by atoms with Gasteiger partial charge in [0.2, 0.25) is 10.0 Å². The average molecular weight is 348 g/mol. The second-order valence-electron chi connectivity index (χ2n) is 4.72. The van der Waals surface area contributed by atoms with Gasteiger partial charge >= 0.3 is 0 Å². The van der Waals surface area contributed by atoms with Crippen LogP contribution in [0.25, 0.3) is 0 Å². The molecule has 0 saturated carbocycles. The molecule has 0 unspecified atom stereocenters. The molecule has 0 spiro atoms. The van der Waals surface area contributed by atoms with Crippen LogP contribution in [0.4, 0.5) is 0 Å². The summed E-state index contributed by atoms with van der Waals surface area (Å²) in [5.41, 5.74) is 2.32. The van der Waals surface area contributed by atoms with E-state index in [1.54, 1.807) is 7.11 Å². The van der Waals surface area contributed by atoms with Crippen molar-refractivity contribution in [2.24, 2.45) is 0 Å². The van der Waals surface area contributed by atoms with Crippen molar-refractivity contribution in [2.45, 2.75) is 25.3 Å². The molecule has 0 heterocycles. The Morgan fingerprint density at radius 3 is 3.00 bits per heavy atom. The lowest BCUT2D eigenvalue weighted by atomic mass is 10.1. The number of rotatable bonds is 6. The third-order valence-corrected chi connectivity index (χ3v) is 5.23. The van der Waals surface area contributed by atoms with E-state index in [0.29, 0.717) is 13.0 Å². The molecule has 1 aliphatic rings. The Bertz CT molecular complexity index is 545. The molecule has 4 nitrogen and oxygen atoms in total. The van der Waals surface area contributed by atoms with Gasteiger partial charge in [-0.25, -0.2) is 13.1 Å². The van der Waals surface area contributed by atoms with Crippen LogP contribution in [0.3, 0.4) is 0 Å². The van der Waals surface area contributed by atoms with E-state index >= 15 is 0 Å². The van der Waals surface area contributed by atoms with Gasteiger partial charge in [0.25, 0.3) is 0 Å². The highest BCUT2D eigenvalue weighted by Gasteiger charge is 2.26. The van der Waals surface area contributed by atoms with Gasteiger partial charge in [0.15, 0.2) is 0 Å². The summed E-state index contributed by atoms with van der Waals surface area (Å²) in [5.74, 6) is 0.114. The molecule has 0 fully saturated rings. The summed E-state index contributed by atoms with van der Waals surface area (Å²) in [7, 11) is -1.66. The highest BCUT2D eigenvalue weighted by Crippen LogP contribution is 2.33. The first kappa shape index (κ1) is 15.0. The maximum absolute atomic E-state index is 12.0. The van der Waals surface area contributed by atoms with E-state index in [1.807, 2.05) is 12.1 Å². The molecule has 1 aliphatic carbocycles. The van der Waals surface area contributed by atoms with Crippen LogP contribution in [0, 0.1) is 0 Å². The van der Waals surface area contributed by atoms with Crippen LogP contribution in [-0.4, -0.2) is 27.9 Å². The van der Waals surface area contributed by atoms with Gasteiger partial charge in [-0.2, -0.15) is 0 Å². The van der Waals surface area contributed by atoms with E-state index in [0.717, 1.165) is 22.9 Å². The SMILES string of the molecule is COCCCS(=O)(=O)N[C@H]1CCc2cc(Br)ccc21. The van der Waals surface area contributed by atoms with Gasteiger partial charge in [-0.3, -0.25) is 0 Å². The zero-order chi connectivity index (χ0) is 13.9. The standard InChI is InChI=1S/C13H18BrNO3S/c1-18-7-2-8-19(16,17)15-13-6-3-10-9-11(14)4-5-12(10)13/h4-5,9,13,15H,2-3,6-8H2,1H3/t13-/m0/s1. The van der Waals surface area contributed by atoms with Crippen molar-refractivity contribution in [3.63, 3.8) is 0 Å². The molecule has 1 atom stereocenters. The van der Waals surface area contributed by atoms with Crippen LogP contribution in [0.15, 0.2) is 22.7 Å². The van der Waals surface area contributed by atoms with Crippen molar-refractivity contribution in [3.8, 4) is 0 Å². The van der Waals surface area contributed by atoms with E-state index < -0.39 is 10.0 Å². The summed E-state index contributed by atoms with van der Waals surface area (Å²) in [6.45, 7) is 0.467. The van der Waals surface area contributed by atoms with Gasteiger partial charge in [0.1, 0.15) is 0 Å². The summed E-state index contributed by atoms with van der Waals surface area (Å²) in [5, 5.41) is 0. The zero-order valence-electron chi connectivity index (χ0n) is 10.9. The fourth-order valence-corrected chi connectivity index (χ4v) is 4.08. The number of halogens is 1. The lowest BCUT2D eigenvalue weighted by molar-refractivity contribution is 0.199. The van der Waals surface area contributed by atoms with Crippen LogP contribution in [0.5, 0.6) is 0 Å². The number of benzene rings is 1. The van der Waals surface area contributed by atoms with Crippen molar-refractivity contribution in [1.82, 2.24) is 4.72 Å². The molecular weight excluding hydrogens is 330 g/mol. The topological polar surface area (TPSA) is 55.4 Å². The minimum Gasteiger partial charge on any atom is -0.385 e. The molecule has 19 heavy (non-hydrogen) atoms. The maximum Gasteiger partial charge on any atom is 0.212 e. The molecule has 106 valence electrons. The number of aryl methyl sites for hydroxylation is 1. The summed E-state index contributed by atoms with van der Waals surface area (Å²) < 4.78 is 32.6. The molecule has 0 aromatic heterocycles. The normalized spacial score (nSPS) is 18.5. The predicted molar refractivity (Wildman–Crippen MR) is 78.6 cm³/mol. The third-order valence-electron chi connectivity index (χ3n) is 3.27. The second kappa shape index (κ2) is 6.35. The molecule has 1 aromatic rings. The van der Waals surface area contributed by atoms with Gasteiger partial charge in [-0.1, -0.05) is 22.0 Å². The van der Waals surface area contributed by atoms with E-state index in [9.17, 15) is 8.42 Å². The third kappa shape index (κ3) is 4.02. The number of methoxy groups -OCH3 is 1. The first-order valence-electron chi connectivity index (χ1n) is 6.29. The van der Waals surface area contributed by atoms with E-state index in [4.69, 9.17) is 4.74 Å². The van der Waals surface area contributed by atoms with Crippen LogP contribution in [0.2, 0.25) is 0 Å². The molecule has 0 amide bonds. The molecule has 0 bridgehead atoms. The molecule has 0 radical (unpaired) electrons. The highest BCUT2D eigenvalue weighted by atomic mass is 79.9. The largest absolute Gasteiger partial charge is 0.385 e. The number of hydrogen-bond donors (Lipinski definition) is 1.